The summed E-state index contributed by atoms with van der Waals surface area (Å²) in [6.45, 7) is 1.56. The Hall–Kier alpha value is -3.77. The lowest BCUT2D eigenvalue weighted by Crippen LogP contribution is -2.31. The predicted molar refractivity (Wildman–Crippen MR) is 131 cm³/mol. The number of carbonyl (C=O) groups excluding carboxylic acids is 3. The highest BCUT2D eigenvalue weighted by Crippen LogP contribution is 2.27. The summed E-state index contributed by atoms with van der Waals surface area (Å²) in [5, 5.41) is 17.1. The summed E-state index contributed by atoms with van der Waals surface area (Å²) in [7, 11) is 1.50. The number of halogens is 1. The molecule has 3 heterocycles. The maximum atomic E-state index is 13.1. The fraction of sp³-hybridized carbons (Fsp3) is 0.273. The third-order valence-electron chi connectivity index (χ3n) is 5.14. The molecule has 0 unspecified atom stereocenters. The van der Waals surface area contributed by atoms with E-state index in [0.717, 1.165) is 16.9 Å². The van der Waals surface area contributed by atoms with Crippen molar-refractivity contribution in [1.29, 1.82) is 0 Å². The molecule has 0 bridgehead atoms. The Morgan fingerprint density at radius 3 is 2.77 bits per heavy atom. The van der Waals surface area contributed by atoms with Gasteiger partial charge in [-0.25, -0.2) is 0 Å². The highest BCUT2D eigenvalue weighted by atomic mass is 35.5. The number of hydrogen-bond donors (Lipinski definition) is 3. The average molecular weight is 516 g/mol. The van der Waals surface area contributed by atoms with Crippen LogP contribution in [0.5, 0.6) is 5.19 Å². The van der Waals surface area contributed by atoms with Crippen LogP contribution >= 0.6 is 22.9 Å². The van der Waals surface area contributed by atoms with Crippen molar-refractivity contribution in [2.75, 3.05) is 36.9 Å². The molecule has 1 aliphatic rings. The van der Waals surface area contributed by atoms with Crippen molar-refractivity contribution >= 4 is 51.5 Å². The second kappa shape index (κ2) is 11.1. The van der Waals surface area contributed by atoms with Gasteiger partial charge in [-0.2, -0.15) is 0 Å². The molecule has 35 heavy (non-hydrogen) atoms. The fourth-order valence-corrected chi connectivity index (χ4v) is 4.07. The van der Waals surface area contributed by atoms with Gasteiger partial charge in [-0.3, -0.25) is 24.7 Å². The molecule has 3 N–H and O–H groups in total. The van der Waals surface area contributed by atoms with Gasteiger partial charge in [0.15, 0.2) is 0 Å². The van der Waals surface area contributed by atoms with Gasteiger partial charge in [-0.15, -0.1) is 5.10 Å². The molecular weight excluding hydrogens is 494 g/mol. The number of amides is 3. The van der Waals surface area contributed by atoms with Crippen LogP contribution in [0.4, 0.5) is 10.8 Å². The van der Waals surface area contributed by atoms with Crippen molar-refractivity contribution in [3.63, 3.8) is 0 Å². The smallest absolute Gasteiger partial charge is 0.296 e. The molecule has 1 aliphatic heterocycles. The van der Waals surface area contributed by atoms with E-state index in [1.54, 1.807) is 18.2 Å². The summed E-state index contributed by atoms with van der Waals surface area (Å²) >= 11 is 6.97. The van der Waals surface area contributed by atoms with Crippen LogP contribution in [-0.4, -0.2) is 59.6 Å². The second-order valence-electron chi connectivity index (χ2n) is 7.50. The van der Waals surface area contributed by atoms with Crippen molar-refractivity contribution in [3.8, 4) is 5.19 Å². The van der Waals surface area contributed by atoms with Crippen molar-refractivity contribution in [3.05, 3.63) is 58.4 Å². The lowest BCUT2D eigenvalue weighted by atomic mass is 10.1. The molecule has 0 atom stereocenters. The lowest BCUT2D eigenvalue weighted by molar-refractivity contribution is -0.120. The number of hydrogen-bond acceptors (Lipinski definition) is 9. The van der Waals surface area contributed by atoms with Crippen molar-refractivity contribution in [2.45, 2.75) is 13.0 Å². The van der Waals surface area contributed by atoms with Crippen molar-refractivity contribution in [2.24, 2.45) is 0 Å². The Balaban J connectivity index is 1.49. The van der Waals surface area contributed by atoms with Crippen LogP contribution in [0.15, 0.2) is 36.5 Å². The second-order valence-corrected chi connectivity index (χ2v) is 8.87. The van der Waals surface area contributed by atoms with E-state index in [0.29, 0.717) is 35.5 Å². The number of ether oxygens (including phenoxy) is 1. The first-order chi connectivity index (χ1) is 16.9. The Kier molecular flexibility index (Phi) is 7.73. The molecule has 0 radical (unpaired) electrons. The average Bonchev–Trinajstić information content (AvgIpc) is 3.20. The third kappa shape index (κ3) is 6.22. The number of nitrogens with one attached hydrogen (secondary N) is 3. The standard InChI is InChI=1S/C22H22ClN7O4S/c1-24-20(33)16-10-17(30-8-6-18(31)25-7-9-30)15(11-26-16)19(32)27-21-28-29-22(35-21)34-12-13-2-4-14(23)5-3-13/h2-5,10-11H,6-9,12H2,1H3,(H,24,33)(H,25,31)(H,27,28,32). The molecule has 2 aromatic heterocycles. The van der Waals surface area contributed by atoms with Gasteiger partial charge < -0.3 is 20.3 Å². The Labute approximate surface area is 209 Å². The van der Waals surface area contributed by atoms with Gasteiger partial charge in [0.25, 0.3) is 17.0 Å². The molecule has 1 aromatic carbocycles. The molecular formula is C22H22ClN7O4S. The van der Waals surface area contributed by atoms with E-state index >= 15 is 0 Å². The normalized spacial score (nSPS) is 13.5. The Morgan fingerprint density at radius 1 is 1.20 bits per heavy atom. The quantitative estimate of drug-likeness (QED) is 0.435. The molecule has 1 fully saturated rings. The summed E-state index contributed by atoms with van der Waals surface area (Å²) in [6.07, 6.45) is 1.61. The molecule has 1 saturated heterocycles. The zero-order valence-electron chi connectivity index (χ0n) is 18.7. The minimum absolute atomic E-state index is 0.0703. The van der Waals surface area contributed by atoms with Gasteiger partial charge in [0, 0.05) is 44.3 Å². The van der Waals surface area contributed by atoms with E-state index < -0.39 is 5.91 Å². The van der Waals surface area contributed by atoms with Gasteiger partial charge in [0.2, 0.25) is 11.0 Å². The van der Waals surface area contributed by atoms with Crippen LogP contribution in [0.25, 0.3) is 0 Å². The fourth-order valence-electron chi connectivity index (χ4n) is 3.35. The molecule has 0 spiro atoms. The zero-order chi connectivity index (χ0) is 24.8. The van der Waals surface area contributed by atoms with Crippen LogP contribution in [0, 0.1) is 0 Å². The molecule has 13 heteroatoms. The highest BCUT2D eigenvalue weighted by Gasteiger charge is 2.23. The van der Waals surface area contributed by atoms with E-state index in [1.807, 2.05) is 17.0 Å². The van der Waals surface area contributed by atoms with E-state index in [2.05, 4.69) is 31.1 Å². The number of benzene rings is 1. The Bertz CT molecular complexity index is 1230. The molecule has 4 rings (SSSR count). The number of nitrogens with zero attached hydrogens (tertiary/aromatic N) is 4. The first-order valence-electron chi connectivity index (χ1n) is 10.7. The maximum Gasteiger partial charge on any atom is 0.296 e. The van der Waals surface area contributed by atoms with Gasteiger partial charge in [-0.05, 0) is 35.1 Å². The van der Waals surface area contributed by atoms with Gasteiger partial charge in [-0.1, -0.05) is 28.8 Å². The first kappa shape index (κ1) is 24.4. The lowest BCUT2D eigenvalue weighted by Gasteiger charge is -2.24. The third-order valence-corrected chi connectivity index (χ3v) is 6.15. The van der Waals surface area contributed by atoms with E-state index in [1.165, 1.54) is 13.2 Å². The van der Waals surface area contributed by atoms with Gasteiger partial charge in [0.1, 0.15) is 12.3 Å². The van der Waals surface area contributed by atoms with Gasteiger partial charge in [0.05, 0.1) is 11.3 Å². The van der Waals surface area contributed by atoms with E-state index in [9.17, 15) is 14.4 Å². The minimum Gasteiger partial charge on any atom is -0.464 e. The van der Waals surface area contributed by atoms with Crippen LogP contribution in [-0.2, 0) is 11.4 Å². The van der Waals surface area contributed by atoms with Crippen LogP contribution in [0.1, 0.15) is 32.8 Å². The van der Waals surface area contributed by atoms with Crippen LogP contribution in [0.3, 0.4) is 0 Å². The Morgan fingerprint density at radius 2 is 2.00 bits per heavy atom. The summed E-state index contributed by atoms with van der Waals surface area (Å²) in [4.78, 5) is 43.0. The predicted octanol–water partition coefficient (Wildman–Crippen LogP) is 2.10. The van der Waals surface area contributed by atoms with Crippen LogP contribution in [0.2, 0.25) is 5.02 Å². The number of aromatic nitrogens is 3. The van der Waals surface area contributed by atoms with Gasteiger partial charge >= 0.3 is 0 Å². The largest absolute Gasteiger partial charge is 0.464 e. The summed E-state index contributed by atoms with van der Waals surface area (Å²) in [5.74, 6) is -0.923. The topological polar surface area (TPSA) is 138 Å². The number of anilines is 2. The molecule has 11 nitrogen and oxygen atoms in total. The number of rotatable bonds is 7. The number of carbonyl (C=O) groups is 3. The zero-order valence-corrected chi connectivity index (χ0v) is 20.3. The summed E-state index contributed by atoms with van der Waals surface area (Å²) in [6, 6.07) is 8.76. The summed E-state index contributed by atoms with van der Waals surface area (Å²) in [5.41, 5.74) is 1.81. The SMILES string of the molecule is CNC(=O)c1cc(N2CCNC(=O)CC2)c(C(=O)Nc2nnc(OCc3ccc(Cl)cc3)s2)cn1. The number of pyridine rings is 1. The monoisotopic (exact) mass is 515 g/mol. The van der Waals surface area contributed by atoms with Crippen molar-refractivity contribution in [1.82, 2.24) is 25.8 Å². The molecule has 0 saturated carbocycles. The van der Waals surface area contributed by atoms with E-state index in [4.69, 9.17) is 16.3 Å². The molecule has 0 aliphatic carbocycles. The minimum atomic E-state index is -0.472. The first-order valence-corrected chi connectivity index (χ1v) is 11.9. The molecule has 182 valence electrons. The van der Waals surface area contributed by atoms with Crippen molar-refractivity contribution < 1.29 is 19.1 Å². The molecule has 3 amide bonds. The maximum absolute atomic E-state index is 13.1. The summed E-state index contributed by atoms with van der Waals surface area (Å²) < 4.78 is 5.64. The van der Waals surface area contributed by atoms with E-state index in [-0.39, 0.29) is 41.2 Å². The highest BCUT2D eigenvalue weighted by molar-refractivity contribution is 7.17. The molecule has 3 aromatic rings. The van der Waals surface area contributed by atoms with Crippen LogP contribution < -0.4 is 25.6 Å².